The molecular weight excluding hydrogens is 505 g/mol. The van der Waals surface area contributed by atoms with Crippen LogP contribution in [0.4, 0.5) is 0 Å². The van der Waals surface area contributed by atoms with Crippen LogP contribution >= 0.6 is 7.60 Å². The smallest absolute Gasteiger partial charge is 0.301 e. The third-order valence-corrected chi connectivity index (χ3v) is 11.4. The van der Waals surface area contributed by atoms with Crippen molar-refractivity contribution in [3.63, 3.8) is 0 Å². The molecule has 0 aromatic heterocycles. The van der Waals surface area contributed by atoms with Gasteiger partial charge in [0, 0.05) is 0 Å². The largest absolute Gasteiger partial charge is 0.378 e. The summed E-state index contributed by atoms with van der Waals surface area (Å²) in [7, 11) is -8.04. The molecule has 0 atom stereocenters. The SMILES string of the molecule is C/C=C(/N(Cc1ccccc1)S(=O)(=O)c1ccc(C)cc1)P(=O)(OC1CCCCC1)OC1CCCCC1. The average Bonchev–Trinajstić information content (AvgIpc) is 2.90. The van der Waals surface area contributed by atoms with Crippen LogP contribution in [0.5, 0.6) is 0 Å². The minimum atomic E-state index is -4.06. The molecule has 6 nitrogen and oxygen atoms in total. The lowest BCUT2D eigenvalue weighted by Crippen LogP contribution is -2.32. The summed E-state index contributed by atoms with van der Waals surface area (Å²) in [5.41, 5.74) is 1.86. The van der Waals surface area contributed by atoms with Gasteiger partial charge >= 0.3 is 7.60 Å². The average molecular weight is 546 g/mol. The molecule has 0 heterocycles. The monoisotopic (exact) mass is 545 g/mol. The fraction of sp³-hybridized carbons (Fsp3) is 0.517. The first-order chi connectivity index (χ1) is 17.8. The van der Waals surface area contributed by atoms with Crippen LogP contribution in [0, 0.1) is 6.92 Å². The Morgan fingerprint density at radius 3 is 1.86 bits per heavy atom. The normalized spacial score (nSPS) is 18.6. The van der Waals surface area contributed by atoms with E-state index in [4.69, 9.17) is 9.05 Å². The second-order valence-corrected chi connectivity index (χ2v) is 13.9. The molecule has 2 aromatic carbocycles. The van der Waals surface area contributed by atoms with Gasteiger partial charge in [-0.05, 0) is 57.2 Å². The highest BCUT2D eigenvalue weighted by Crippen LogP contribution is 2.61. The van der Waals surface area contributed by atoms with Gasteiger partial charge in [0.2, 0.25) is 0 Å². The van der Waals surface area contributed by atoms with Gasteiger partial charge in [-0.25, -0.2) is 8.42 Å². The molecule has 4 rings (SSSR count). The molecule has 0 radical (unpaired) electrons. The predicted octanol–water partition coefficient (Wildman–Crippen LogP) is 7.94. The predicted molar refractivity (Wildman–Crippen MR) is 148 cm³/mol. The van der Waals surface area contributed by atoms with Crippen molar-refractivity contribution in [3.05, 3.63) is 77.2 Å². The van der Waals surface area contributed by atoms with Crippen molar-refractivity contribution >= 4 is 17.6 Å². The molecule has 0 bridgehead atoms. The molecule has 0 saturated heterocycles. The Morgan fingerprint density at radius 1 is 0.865 bits per heavy atom. The number of hydrogen-bond donors (Lipinski definition) is 0. The summed E-state index contributed by atoms with van der Waals surface area (Å²) >= 11 is 0. The number of nitrogens with zero attached hydrogens (tertiary/aromatic N) is 1. The topological polar surface area (TPSA) is 72.9 Å². The summed E-state index contributed by atoms with van der Waals surface area (Å²) in [5, 5.41) is 0. The van der Waals surface area contributed by atoms with Gasteiger partial charge in [-0.3, -0.25) is 8.87 Å². The number of aryl methyl sites for hydroxylation is 1. The molecule has 0 aliphatic heterocycles. The summed E-state index contributed by atoms with van der Waals surface area (Å²) in [6.45, 7) is 3.67. The lowest BCUT2D eigenvalue weighted by molar-refractivity contribution is 0.0801. The summed E-state index contributed by atoms with van der Waals surface area (Å²) in [6, 6.07) is 16.1. The van der Waals surface area contributed by atoms with Crippen LogP contribution in [-0.2, 0) is 30.2 Å². The third-order valence-electron chi connectivity index (χ3n) is 7.25. The third kappa shape index (κ3) is 7.14. The van der Waals surface area contributed by atoms with E-state index in [1.165, 1.54) is 4.31 Å². The van der Waals surface area contributed by atoms with Gasteiger partial charge in [-0.1, -0.05) is 92.6 Å². The summed E-state index contributed by atoms with van der Waals surface area (Å²) in [6.07, 6.45) is 10.7. The Kier molecular flexibility index (Phi) is 9.68. The Hall–Kier alpha value is -1.92. The van der Waals surface area contributed by atoms with E-state index in [1.54, 1.807) is 37.3 Å². The number of sulfonamides is 1. The lowest BCUT2D eigenvalue weighted by atomic mass is 9.98. The molecule has 0 spiro atoms. The maximum atomic E-state index is 14.8. The molecular formula is C29H40NO5PS. The number of benzene rings is 2. The number of rotatable bonds is 10. The quantitative estimate of drug-likeness (QED) is 0.283. The Balaban J connectivity index is 1.77. The fourth-order valence-corrected chi connectivity index (χ4v) is 9.34. The molecule has 2 aliphatic rings. The highest BCUT2D eigenvalue weighted by atomic mass is 32.2. The molecule has 2 saturated carbocycles. The maximum absolute atomic E-state index is 14.8. The van der Waals surface area contributed by atoms with Crippen molar-refractivity contribution in [1.82, 2.24) is 4.31 Å². The van der Waals surface area contributed by atoms with Crippen molar-refractivity contribution in [2.24, 2.45) is 0 Å². The molecule has 2 fully saturated rings. The van der Waals surface area contributed by atoms with Gasteiger partial charge in [0.05, 0.1) is 23.6 Å². The zero-order valence-corrected chi connectivity index (χ0v) is 23.8. The first-order valence-electron chi connectivity index (χ1n) is 13.6. The lowest BCUT2D eigenvalue weighted by Gasteiger charge is -2.36. The van der Waals surface area contributed by atoms with E-state index in [0.717, 1.165) is 75.3 Å². The van der Waals surface area contributed by atoms with Crippen LogP contribution in [0.25, 0.3) is 0 Å². The molecule has 8 heteroatoms. The highest BCUT2D eigenvalue weighted by molar-refractivity contribution is 7.89. The molecule has 0 N–H and O–H groups in total. The summed E-state index contributed by atoms with van der Waals surface area (Å²) in [5.74, 6) is 0. The fourth-order valence-electron chi connectivity index (χ4n) is 5.18. The first-order valence-corrected chi connectivity index (χ1v) is 16.6. The minimum absolute atomic E-state index is 0.0305. The maximum Gasteiger partial charge on any atom is 0.378 e. The van der Waals surface area contributed by atoms with Crippen molar-refractivity contribution in [3.8, 4) is 0 Å². The molecule has 0 unspecified atom stereocenters. The second kappa shape index (κ2) is 12.8. The Labute approximate surface area is 222 Å². The van der Waals surface area contributed by atoms with E-state index >= 15 is 0 Å². The molecule has 2 aliphatic carbocycles. The minimum Gasteiger partial charge on any atom is -0.301 e. The summed E-state index contributed by atoms with van der Waals surface area (Å²) in [4.78, 5) is 0.148. The number of allylic oxidation sites excluding steroid dienone is 1. The second-order valence-electron chi connectivity index (χ2n) is 10.2. The van der Waals surface area contributed by atoms with Crippen molar-refractivity contribution < 1.29 is 22.0 Å². The van der Waals surface area contributed by atoms with Crippen molar-refractivity contribution in [1.29, 1.82) is 0 Å². The van der Waals surface area contributed by atoms with Gasteiger partial charge in [0.25, 0.3) is 10.0 Å². The van der Waals surface area contributed by atoms with Crippen molar-refractivity contribution in [2.75, 3.05) is 0 Å². The standard InChI is InChI=1S/C29H40NO5PS/c1-3-29(36(31,34-26-15-9-5-10-16-26)35-27-17-11-6-12-18-27)30(23-25-13-7-4-8-14-25)37(32,33)28-21-19-24(2)20-22-28/h3-4,7-8,13-14,19-22,26-27H,5-6,9-12,15-18,23H2,1-2H3/b29-3-. The highest BCUT2D eigenvalue weighted by Gasteiger charge is 2.43. The molecule has 0 amide bonds. The van der Waals surface area contributed by atoms with E-state index in [1.807, 2.05) is 37.3 Å². The Bertz CT molecular complexity index is 1160. The van der Waals surface area contributed by atoms with E-state index in [9.17, 15) is 13.0 Å². The van der Waals surface area contributed by atoms with Crippen LogP contribution in [0.3, 0.4) is 0 Å². The van der Waals surface area contributed by atoms with Gasteiger partial charge in [0.15, 0.2) is 0 Å². The van der Waals surface area contributed by atoms with Crippen LogP contribution in [-0.4, -0.2) is 24.9 Å². The summed E-state index contributed by atoms with van der Waals surface area (Å²) < 4.78 is 57.1. The van der Waals surface area contributed by atoms with Crippen LogP contribution < -0.4 is 0 Å². The van der Waals surface area contributed by atoms with Crippen LogP contribution in [0.15, 0.2) is 71.0 Å². The van der Waals surface area contributed by atoms with Gasteiger partial charge in [-0.15, -0.1) is 0 Å². The Morgan fingerprint density at radius 2 is 1.38 bits per heavy atom. The van der Waals surface area contributed by atoms with E-state index < -0.39 is 17.6 Å². The van der Waals surface area contributed by atoms with Gasteiger partial charge in [0.1, 0.15) is 5.44 Å². The van der Waals surface area contributed by atoms with Crippen molar-refractivity contribution in [2.45, 2.75) is 102 Å². The first kappa shape index (κ1) is 28.1. The molecule has 202 valence electrons. The van der Waals surface area contributed by atoms with E-state index in [2.05, 4.69) is 0 Å². The van der Waals surface area contributed by atoms with Crippen LogP contribution in [0.2, 0.25) is 0 Å². The van der Waals surface area contributed by atoms with Gasteiger partial charge in [-0.2, -0.15) is 0 Å². The zero-order chi connectivity index (χ0) is 26.3. The van der Waals surface area contributed by atoms with E-state index in [0.29, 0.717) is 0 Å². The van der Waals surface area contributed by atoms with Gasteiger partial charge < -0.3 is 9.05 Å². The zero-order valence-electron chi connectivity index (χ0n) is 22.1. The number of hydrogen-bond acceptors (Lipinski definition) is 5. The molecule has 37 heavy (non-hydrogen) atoms. The van der Waals surface area contributed by atoms with Crippen LogP contribution in [0.1, 0.15) is 82.3 Å². The van der Waals surface area contributed by atoms with E-state index in [-0.39, 0.29) is 29.1 Å². The molecule has 2 aromatic rings.